The topological polar surface area (TPSA) is 165 Å². The fourth-order valence-electron chi connectivity index (χ4n) is 5.29. The average Bonchev–Trinajstić information content (AvgIpc) is 3.34. The fraction of sp³-hybridized carbons (Fsp3) is 0.385. The number of fused-ring (bicyclic) bond motifs is 1. The van der Waals surface area contributed by atoms with Crippen molar-refractivity contribution in [1.29, 1.82) is 0 Å². The maximum absolute atomic E-state index is 14.6. The van der Waals surface area contributed by atoms with Crippen LogP contribution in [0.1, 0.15) is 24.8 Å². The number of anilines is 2. The van der Waals surface area contributed by atoms with Gasteiger partial charge in [-0.2, -0.15) is 0 Å². The van der Waals surface area contributed by atoms with E-state index >= 15 is 0 Å². The van der Waals surface area contributed by atoms with Crippen LogP contribution in [0, 0.1) is 11.6 Å². The van der Waals surface area contributed by atoms with Gasteiger partial charge in [-0.1, -0.05) is 0 Å². The summed E-state index contributed by atoms with van der Waals surface area (Å²) in [6, 6.07) is 3.83. The highest BCUT2D eigenvalue weighted by Gasteiger charge is 2.35. The van der Waals surface area contributed by atoms with Crippen molar-refractivity contribution in [1.82, 2.24) is 24.5 Å². The van der Waals surface area contributed by atoms with Crippen molar-refractivity contribution in [3.8, 4) is 17.0 Å². The molecular formula is C26H29F4N8O4P. The number of rotatable bonds is 10. The zero-order valence-corrected chi connectivity index (χ0v) is 23.8. The van der Waals surface area contributed by atoms with Crippen molar-refractivity contribution in [3.63, 3.8) is 0 Å². The molecule has 17 heteroatoms. The van der Waals surface area contributed by atoms with Crippen LogP contribution in [0.4, 0.5) is 29.1 Å². The number of benzene rings is 1. The third-order valence-corrected chi connectivity index (χ3v) is 7.74. The normalized spacial score (nSPS) is 17.6. The Hall–Kier alpha value is -3.85. The Labute approximate surface area is 243 Å². The number of nitrogens with one attached hydrogen (secondary N) is 1. The Kier molecular flexibility index (Phi) is 8.56. The van der Waals surface area contributed by atoms with Crippen LogP contribution in [0.3, 0.4) is 0 Å². The van der Waals surface area contributed by atoms with Crippen LogP contribution < -0.4 is 20.7 Å². The molecule has 1 aromatic carbocycles. The van der Waals surface area contributed by atoms with E-state index in [-0.39, 0.29) is 35.7 Å². The number of nitrogens with two attached hydrogens (primary N) is 1. The molecule has 5 rings (SSSR count). The molecule has 1 fully saturated rings. The van der Waals surface area contributed by atoms with Gasteiger partial charge in [-0.3, -0.25) is 9.55 Å². The Morgan fingerprint density at radius 3 is 2.58 bits per heavy atom. The SMILES string of the molecule is COc1c(F)cc(-c2cc(Cn3cnc4c(NCP(=O)(O)O)ncnc43)c(N3CCC[C@](N)(CC(F)F)C3)cn2)cc1F. The van der Waals surface area contributed by atoms with Gasteiger partial charge in [0.25, 0.3) is 0 Å². The number of hydrogen-bond acceptors (Lipinski definition) is 9. The lowest BCUT2D eigenvalue weighted by Crippen LogP contribution is -2.55. The van der Waals surface area contributed by atoms with Crippen molar-refractivity contribution < 1.29 is 36.7 Å². The second-order valence-corrected chi connectivity index (χ2v) is 12.1. The highest BCUT2D eigenvalue weighted by atomic mass is 31.2. The number of aromatic nitrogens is 5. The van der Waals surface area contributed by atoms with E-state index in [2.05, 4.69) is 25.3 Å². The summed E-state index contributed by atoms with van der Waals surface area (Å²) in [5.41, 5.74) is 7.40. The lowest BCUT2D eigenvalue weighted by molar-refractivity contribution is 0.0983. The van der Waals surface area contributed by atoms with Gasteiger partial charge in [-0.25, -0.2) is 32.5 Å². The van der Waals surface area contributed by atoms with Gasteiger partial charge in [0.1, 0.15) is 18.1 Å². The lowest BCUT2D eigenvalue weighted by atomic mass is 9.86. The van der Waals surface area contributed by atoms with Gasteiger partial charge in [0.2, 0.25) is 6.43 Å². The third kappa shape index (κ3) is 6.88. The van der Waals surface area contributed by atoms with Crippen molar-refractivity contribution in [2.45, 2.75) is 37.8 Å². The van der Waals surface area contributed by atoms with E-state index in [1.807, 2.05) is 4.90 Å². The number of hydrogen-bond donors (Lipinski definition) is 4. The van der Waals surface area contributed by atoms with E-state index in [4.69, 9.17) is 10.5 Å². The van der Waals surface area contributed by atoms with Crippen LogP contribution in [0.25, 0.3) is 22.4 Å². The van der Waals surface area contributed by atoms with Gasteiger partial charge in [0.15, 0.2) is 28.8 Å². The molecule has 0 radical (unpaired) electrons. The minimum atomic E-state index is -4.38. The number of piperidine rings is 1. The van der Waals surface area contributed by atoms with Crippen molar-refractivity contribution in [2.24, 2.45) is 5.73 Å². The van der Waals surface area contributed by atoms with Crippen LogP contribution in [-0.2, 0) is 11.1 Å². The fourth-order valence-corrected chi connectivity index (χ4v) is 5.64. The standard InChI is InChI=1S/C26H29F4N8O4P/c1-42-23-17(27)5-15(6-18(23)28)19-7-16(20(9-32-19)37-4-2-3-26(31,11-37)8-21(29)30)10-38-13-35-22-24(33-12-34-25(22)38)36-14-43(39,40)41/h5-7,9,12-13,21H,2-4,8,10-11,14,31H2,1H3,(H,33,34,36)(H2,39,40,41)/t26-/m0/s1. The van der Waals surface area contributed by atoms with Gasteiger partial charge in [0, 0.05) is 30.6 Å². The van der Waals surface area contributed by atoms with Gasteiger partial charge in [-0.05, 0) is 36.6 Å². The Balaban J connectivity index is 1.56. The quantitative estimate of drug-likeness (QED) is 0.150. The summed E-state index contributed by atoms with van der Waals surface area (Å²) in [7, 11) is -3.23. The molecule has 0 saturated carbocycles. The second kappa shape index (κ2) is 12.0. The van der Waals surface area contributed by atoms with Crippen LogP contribution in [-0.4, -0.2) is 72.7 Å². The average molecular weight is 625 g/mol. The van der Waals surface area contributed by atoms with E-state index in [1.54, 1.807) is 10.6 Å². The van der Waals surface area contributed by atoms with E-state index in [0.29, 0.717) is 36.3 Å². The van der Waals surface area contributed by atoms with Crippen LogP contribution in [0.2, 0.25) is 0 Å². The number of halogens is 4. The first kappa shape index (κ1) is 30.6. The molecule has 43 heavy (non-hydrogen) atoms. The molecule has 5 N–H and O–H groups in total. The molecule has 0 bridgehead atoms. The van der Waals surface area contributed by atoms with Gasteiger partial charge >= 0.3 is 7.60 Å². The Morgan fingerprint density at radius 1 is 1.16 bits per heavy atom. The van der Waals surface area contributed by atoms with Crippen LogP contribution in [0.15, 0.2) is 37.1 Å². The number of alkyl halides is 2. The number of imidazole rings is 1. The molecule has 3 aromatic heterocycles. The van der Waals surface area contributed by atoms with E-state index < -0.39 is 49.7 Å². The summed E-state index contributed by atoms with van der Waals surface area (Å²) < 4.78 is 73.6. The molecule has 0 unspecified atom stereocenters. The minimum absolute atomic E-state index is 0.111. The Bertz CT molecular complexity index is 1660. The van der Waals surface area contributed by atoms with E-state index in [9.17, 15) is 31.9 Å². The minimum Gasteiger partial charge on any atom is -0.491 e. The molecule has 0 amide bonds. The molecular weight excluding hydrogens is 595 g/mol. The van der Waals surface area contributed by atoms with Crippen molar-refractivity contribution in [3.05, 3.63) is 54.2 Å². The maximum Gasteiger partial charge on any atom is 0.344 e. The first-order chi connectivity index (χ1) is 20.4. The molecule has 1 aliphatic rings. The summed E-state index contributed by atoms with van der Waals surface area (Å²) in [5, 5.41) is 2.58. The van der Waals surface area contributed by atoms with Gasteiger partial charge in [-0.15, -0.1) is 0 Å². The summed E-state index contributed by atoms with van der Waals surface area (Å²) in [6.45, 7) is 0.770. The lowest BCUT2D eigenvalue weighted by Gasteiger charge is -2.42. The first-order valence-electron chi connectivity index (χ1n) is 13.1. The molecule has 230 valence electrons. The molecule has 0 spiro atoms. The van der Waals surface area contributed by atoms with Crippen LogP contribution in [0.5, 0.6) is 5.75 Å². The molecule has 1 saturated heterocycles. The molecule has 1 aliphatic heterocycles. The summed E-state index contributed by atoms with van der Waals surface area (Å²) in [5.74, 6) is -2.23. The number of pyridine rings is 1. The van der Waals surface area contributed by atoms with Crippen molar-refractivity contribution in [2.75, 3.05) is 36.7 Å². The number of methoxy groups -OCH3 is 1. The highest BCUT2D eigenvalue weighted by molar-refractivity contribution is 7.51. The third-order valence-electron chi connectivity index (χ3n) is 7.17. The smallest absolute Gasteiger partial charge is 0.344 e. The molecule has 1 atom stereocenters. The van der Waals surface area contributed by atoms with E-state index in [1.165, 1.54) is 18.9 Å². The molecule has 0 aliphatic carbocycles. The monoisotopic (exact) mass is 624 g/mol. The van der Waals surface area contributed by atoms with E-state index in [0.717, 1.165) is 19.2 Å². The summed E-state index contributed by atoms with van der Waals surface area (Å²) in [4.78, 5) is 37.4. The van der Waals surface area contributed by atoms with Gasteiger partial charge < -0.3 is 35.0 Å². The largest absolute Gasteiger partial charge is 0.491 e. The summed E-state index contributed by atoms with van der Waals surface area (Å²) >= 11 is 0. The predicted molar refractivity (Wildman–Crippen MR) is 150 cm³/mol. The maximum atomic E-state index is 14.6. The molecule has 4 heterocycles. The second-order valence-electron chi connectivity index (χ2n) is 10.4. The van der Waals surface area contributed by atoms with Crippen molar-refractivity contribution >= 4 is 30.3 Å². The Morgan fingerprint density at radius 2 is 1.91 bits per heavy atom. The zero-order valence-electron chi connectivity index (χ0n) is 22.9. The number of ether oxygens (including phenoxy) is 1. The zero-order chi connectivity index (χ0) is 30.9. The van der Waals surface area contributed by atoms with Crippen LogP contribution >= 0.6 is 7.60 Å². The predicted octanol–water partition coefficient (Wildman–Crippen LogP) is 3.72. The first-order valence-corrected chi connectivity index (χ1v) is 14.9. The van der Waals surface area contributed by atoms with Gasteiger partial charge in [0.05, 0.1) is 37.6 Å². The molecule has 4 aromatic rings. The number of nitrogens with zero attached hydrogens (tertiary/aromatic N) is 6. The highest BCUT2D eigenvalue weighted by Crippen LogP contribution is 2.36. The molecule has 12 nitrogen and oxygen atoms in total. The summed E-state index contributed by atoms with van der Waals surface area (Å²) in [6.07, 6.45) is 1.47.